The maximum absolute atomic E-state index is 13.3. The van der Waals surface area contributed by atoms with E-state index in [9.17, 15) is 14.0 Å². The highest BCUT2D eigenvalue weighted by atomic mass is 32.2. The predicted octanol–water partition coefficient (Wildman–Crippen LogP) is 3.26. The van der Waals surface area contributed by atoms with Crippen molar-refractivity contribution in [1.29, 1.82) is 0 Å². The molecule has 26 heavy (non-hydrogen) atoms. The number of nitrogens with zero attached hydrogens (tertiary/aromatic N) is 1. The maximum Gasteiger partial charge on any atom is 0.329 e. The third kappa shape index (κ3) is 3.53. The van der Waals surface area contributed by atoms with Gasteiger partial charge in [-0.1, -0.05) is 12.1 Å². The van der Waals surface area contributed by atoms with Crippen LogP contribution < -0.4 is 4.74 Å². The molecular formula is C19H18FNO4S. The highest BCUT2D eigenvalue weighted by Crippen LogP contribution is 2.42. The van der Waals surface area contributed by atoms with E-state index in [4.69, 9.17) is 9.47 Å². The van der Waals surface area contributed by atoms with Gasteiger partial charge in [-0.25, -0.2) is 9.18 Å². The molecule has 1 saturated heterocycles. The van der Waals surface area contributed by atoms with Gasteiger partial charge in [0.25, 0.3) is 5.91 Å². The molecule has 0 spiro atoms. The van der Waals surface area contributed by atoms with E-state index >= 15 is 0 Å². The molecule has 0 radical (unpaired) electrons. The van der Waals surface area contributed by atoms with Crippen LogP contribution in [0.15, 0.2) is 48.5 Å². The summed E-state index contributed by atoms with van der Waals surface area (Å²) in [6.45, 7) is 0. The quantitative estimate of drug-likeness (QED) is 0.768. The van der Waals surface area contributed by atoms with Crippen LogP contribution in [0.1, 0.15) is 21.3 Å². The average Bonchev–Trinajstić information content (AvgIpc) is 3.12. The summed E-state index contributed by atoms with van der Waals surface area (Å²) in [7, 11) is 2.85. The van der Waals surface area contributed by atoms with Crippen molar-refractivity contribution in [3.8, 4) is 5.75 Å². The number of ether oxygens (including phenoxy) is 2. The summed E-state index contributed by atoms with van der Waals surface area (Å²) in [6, 6.07) is 11.9. The molecule has 1 aliphatic rings. The molecule has 1 aliphatic heterocycles. The Hall–Kier alpha value is -2.54. The third-order valence-corrected chi connectivity index (χ3v) is 5.52. The van der Waals surface area contributed by atoms with Crippen molar-refractivity contribution in [2.24, 2.45) is 0 Å². The van der Waals surface area contributed by atoms with Gasteiger partial charge in [-0.15, -0.1) is 11.8 Å². The smallest absolute Gasteiger partial charge is 0.329 e. The number of hydrogen-bond acceptors (Lipinski definition) is 5. The highest BCUT2D eigenvalue weighted by molar-refractivity contribution is 7.99. The lowest BCUT2D eigenvalue weighted by Gasteiger charge is -2.28. The zero-order chi connectivity index (χ0) is 18.7. The van der Waals surface area contributed by atoms with Gasteiger partial charge in [-0.2, -0.15) is 0 Å². The summed E-state index contributed by atoms with van der Waals surface area (Å²) < 4.78 is 23.2. The average molecular weight is 375 g/mol. The third-order valence-electron chi connectivity index (χ3n) is 4.20. The lowest BCUT2D eigenvalue weighted by Crippen LogP contribution is -2.43. The van der Waals surface area contributed by atoms with Crippen molar-refractivity contribution in [3.63, 3.8) is 0 Å². The molecule has 1 fully saturated rings. The van der Waals surface area contributed by atoms with Gasteiger partial charge in [0, 0.05) is 11.3 Å². The number of esters is 1. The van der Waals surface area contributed by atoms with E-state index < -0.39 is 17.4 Å². The number of methoxy groups -OCH3 is 2. The summed E-state index contributed by atoms with van der Waals surface area (Å²) in [4.78, 5) is 26.8. The van der Waals surface area contributed by atoms with E-state index in [2.05, 4.69) is 0 Å². The van der Waals surface area contributed by atoms with E-state index in [-0.39, 0.29) is 11.7 Å². The van der Waals surface area contributed by atoms with Crippen LogP contribution in [0.5, 0.6) is 5.75 Å². The first-order valence-electron chi connectivity index (χ1n) is 7.96. The Morgan fingerprint density at radius 3 is 2.31 bits per heavy atom. The predicted molar refractivity (Wildman–Crippen MR) is 96.6 cm³/mol. The van der Waals surface area contributed by atoms with Crippen LogP contribution in [-0.4, -0.2) is 42.8 Å². The van der Waals surface area contributed by atoms with E-state index in [0.29, 0.717) is 17.1 Å². The fourth-order valence-corrected chi connectivity index (χ4v) is 4.25. The Morgan fingerprint density at radius 1 is 1.08 bits per heavy atom. The van der Waals surface area contributed by atoms with Crippen LogP contribution in [0.3, 0.4) is 0 Å². The Kier molecular flexibility index (Phi) is 5.46. The normalized spacial score (nSPS) is 19.3. The number of benzene rings is 2. The summed E-state index contributed by atoms with van der Waals surface area (Å²) in [5.41, 5.74) is 1.19. The molecule has 2 aromatic rings. The van der Waals surface area contributed by atoms with Crippen LogP contribution in [0.2, 0.25) is 0 Å². The van der Waals surface area contributed by atoms with Gasteiger partial charge in [0.05, 0.1) is 14.2 Å². The minimum atomic E-state index is -0.699. The van der Waals surface area contributed by atoms with Crippen LogP contribution >= 0.6 is 11.8 Å². The molecule has 0 N–H and O–H groups in total. The van der Waals surface area contributed by atoms with Gasteiger partial charge >= 0.3 is 5.97 Å². The van der Waals surface area contributed by atoms with Gasteiger partial charge in [-0.05, 0) is 42.0 Å². The van der Waals surface area contributed by atoms with Crippen LogP contribution in [0.4, 0.5) is 4.39 Å². The summed E-state index contributed by atoms with van der Waals surface area (Å²) >= 11 is 1.45. The molecule has 0 bridgehead atoms. The number of carbonyl (C=O) groups is 2. The highest BCUT2D eigenvalue weighted by Gasteiger charge is 2.43. The maximum atomic E-state index is 13.3. The standard InChI is InChI=1S/C19H18FNO4S/c1-24-15-9-5-12(6-10-15)17(22)21-16(19(23)25-2)11-26-18(21)13-3-7-14(20)8-4-13/h3-10,16,18H,11H2,1-2H3. The van der Waals surface area contributed by atoms with E-state index in [1.807, 2.05) is 0 Å². The summed E-state index contributed by atoms with van der Waals surface area (Å²) in [5.74, 6) is -0.0611. The van der Waals surface area contributed by atoms with Gasteiger partial charge in [0.2, 0.25) is 0 Å². The first kappa shape index (κ1) is 18.3. The second-order valence-corrected chi connectivity index (χ2v) is 6.83. The monoisotopic (exact) mass is 375 g/mol. The number of halogens is 1. The molecule has 5 nitrogen and oxygen atoms in total. The number of hydrogen-bond donors (Lipinski definition) is 0. The zero-order valence-electron chi connectivity index (χ0n) is 14.3. The zero-order valence-corrected chi connectivity index (χ0v) is 15.2. The minimum Gasteiger partial charge on any atom is -0.497 e. The second-order valence-electron chi connectivity index (χ2n) is 5.72. The molecule has 0 aliphatic carbocycles. The van der Waals surface area contributed by atoms with Crippen LogP contribution in [-0.2, 0) is 9.53 Å². The summed E-state index contributed by atoms with van der Waals surface area (Å²) in [5, 5.41) is -0.394. The van der Waals surface area contributed by atoms with E-state index in [1.165, 1.54) is 35.9 Å². The molecule has 7 heteroatoms. The Bertz CT molecular complexity index is 794. The molecule has 3 rings (SSSR count). The van der Waals surface area contributed by atoms with Crippen molar-refractivity contribution >= 4 is 23.6 Å². The molecule has 1 amide bonds. The van der Waals surface area contributed by atoms with Gasteiger partial charge in [0.15, 0.2) is 0 Å². The molecule has 1 heterocycles. The largest absolute Gasteiger partial charge is 0.497 e. The van der Waals surface area contributed by atoms with E-state index in [1.54, 1.807) is 43.5 Å². The lowest BCUT2D eigenvalue weighted by molar-refractivity contribution is -0.145. The fraction of sp³-hybridized carbons (Fsp3) is 0.263. The van der Waals surface area contributed by atoms with Gasteiger partial charge in [-0.3, -0.25) is 4.79 Å². The number of carbonyl (C=O) groups excluding carboxylic acids is 2. The van der Waals surface area contributed by atoms with Crippen LogP contribution in [0.25, 0.3) is 0 Å². The van der Waals surface area contributed by atoms with Crippen molar-refractivity contribution in [3.05, 3.63) is 65.5 Å². The minimum absolute atomic E-state index is 0.289. The Morgan fingerprint density at radius 2 is 1.73 bits per heavy atom. The van der Waals surface area contributed by atoms with Crippen molar-refractivity contribution < 1.29 is 23.5 Å². The van der Waals surface area contributed by atoms with Crippen molar-refractivity contribution in [2.75, 3.05) is 20.0 Å². The van der Waals surface area contributed by atoms with Gasteiger partial charge < -0.3 is 14.4 Å². The topological polar surface area (TPSA) is 55.8 Å². The molecule has 0 saturated carbocycles. The number of amides is 1. The number of thioether (sulfide) groups is 1. The molecule has 2 aromatic carbocycles. The fourth-order valence-electron chi connectivity index (χ4n) is 2.84. The second kappa shape index (κ2) is 7.78. The molecule has 0 aromatic heterocycles. The first-order chi connectivity index (χ1) is 12.5. The number of rotatable bonds is 4. The SMILES string of the molecule is COC(=O)C1CSC(c2ccc(F)cc2)N1C(=O)c1ccc(OC)cc1. The van der Waals surface area contributed by atoms with Crippen molar-refractivity contribution in [1.82, 2.24) is 4.90 Å². The molecule has 2 unspecified atom stereocenters. The van der Waals surface area contributed by atoms with Crippen LogP contribution in [0, 0.1) is 5.82 Å². The molecule has 136 valence electrons. The van der Waals surface area contributed by atoms with E-state index in [0.717, 1.165) is 5.56 Å². The Labute approximate surface area is 155 Å². The Balaban J connectivity index is 1.95. The van der Waals surface area contributed by atoms with Gasteiger partial charge in [0.1, 0.15) is 23.0 Å². The lowest BCUT2D eigenvalue weighted by atomic mass is 10.1. The first-order valence-corrected chi connectivity index (χ1v) is 9.01. The van der Waals surface area contributed by atoms with Crippen molar-refractivity contribution in [2.45, 2.75) is 11.4 Å². The molecular weight excluding hydrogens is 357 g/mol. The summed E-state index contributed by atoms with van der Waals surface area (Å²) in [6.07, 6.45) is 0. The molecule has 2 atom stereocenters.